The number of nitrogens with two attached hydrogens (primary N) is 1. The van der Waals surface area contributed by atoms with E-state index in [4.69, 9.17) is 21.7 Å². The summed E-state index contributed by atoms with van der Waals surface area (Å²) < 4.78 is 5.36. The molecule has 4 rings (SSSR count). The molecule has 0 bridgehead atoms. The summed E-state index contributed by atoms with van der Waals surface area (Å²) in [7, 11) is 0. The molecule has 0 saturated carbocycles. The molecular formula is C25H25N7O2S. The Labute approximate surface area is 208 Å². The van der Waals surface area contributed by atoms with Crippen molar-refractivity contribution in [3.05, 3.63) is 76.8 Å². The maximum absolute atomic E-state index is 12.3. The first-order valence-electron chi connectivity index (χ1n) is 11.3. The molecule has 1 aromatic carbocycles. The molecule has 0 aliphatic carbocycles. The van der Waals surface area contributed by atoms with Gasteiger partial charge in [-0.1, -0.05) is 49.0 Å². The highest BCUT2D eigenvalue weighted by Gasteiger charge is 2.28. The smallest absolute Gasteiger partial charge is 0.235 e. The Hall–Kier alpha value is -3.86. The zero-order chi connectivity index (χ0) is 24.8. The Morgan fingerprint density at radius 1 is 1.31 bits per heavy atom. The van der Waals surface area contributed by atoms with Gasteiger partial charge in [0.25, 0.3) is 0 Å². The molecule has 178 valence electrons. The Morgan fingerprint density at radius 3 is 2.63 bits per heavy atom. The van der Waals surface area contributed by atoms with Gasteiger partial charge in [-0.3, -0.25) is 9.69 Å². The standard InChI is InChI=1S/C25H25N7O2S/c1-3-19-20(13-26)25(35-22(23(27)33)17-7-5-4-6-8-17)30-24(21(19)28-2)32-11-9-31(10-12-32)15-18-14-29-16-34-18/h4-8,14,16,22H,3,9-12,15H2,1H3,(H2,27,33). The van der Waals surface area contributed by atoms with E-state index in [0.717, 1.165) is 36.2 Å². The SMILES string of the molecule is [C-]#[N+]c1c(N2CCN(Cc3cnco3)CC2)nc(SC(C(N)=O)c2ccccc2)c(C#N)c1CC. The highest BCUT2D eigenvalue weighted by Crippen LogP contribution is 2.42. The van der Waals surface area contributed by atoms with Crippen LogP contribution < -0.4 is 10.6 Å². The predicted octanol–water partition coefficient (Wildman–Crippen LogP) is 3.70. The third-order valence-corrected chi connectivity index (χ3v) is 7.18. The second-order valence-electron chi connectivity index (χ2n) is 8.06. The predicted molar refractivity (Wildman–Crippen MR) is 133 cm³/mol. The van der Waals surface area contributed by atoms with Gasteiger partial charge in [0.1, 0.15) is 27.9 Å². The van der Waals surface area contributed by atoms with Crippen molar-refractivity contribution in [3.63, 3.8) is 0 Å². The summed E-state index contributed by atoms with van der Waals surface area (Å²) in [5, 5.41) is 9.69. The van der Waals surface area contributed by atoms with Crippen LogP contribution in [-0.4, -0.2) is 47.0 Å². The number of rotatable bonds is 8. The molecule has 0 radical (unpaired) electrons. The fourth-order valence-corrected chi connectivity index (χ4v) is 5.22. The van der Waals surface area contributed by atoms with Crippen LogP contribution >= 0.6 is 11.8 Å². The largest absolute Gasteiger partial charge is 0.447 e. The Morgan fingerprint density at radius 2 is 2.06 bits per heavy atom. The van der Waals surface area contributed by atoms with Gasteiger partial charge in [-0.15, -0.1) is 0 Å². The molecule has 2 aromatic heterocycles. The second-order valence-corrected chi connectivity index (χ2v) is 9.16. The number of carbonyl (C=O) groups excluding carboxylic acids is 1. The number of nitrogens with zero attached hydrogens (tertiary/aromatic N) is 6. The van der Waals surface area contributed by atoms with Crippen LogP contribution in [0.25, 0.3) is 4.85 Å². The van der Waals surface area contributed by atoms with Crippen LogP contribution in [0.4, 0.5) is 11.5 Å². The maximum atomic E-state index is 12.3. The lowest BCUT2D eigenvalue weighted by Crippen LogP contribution is -2.46. The molecular weight excluding hydrogens is 462 g/mol. The van der Waals surface area contributed by atoms with E-state index in [-0.39, 0.29) is 0 Å². The van der Waals surface area contributed by atoms with Crippen molar-refractivity contribution in [1.29, 1.82) is 5.26 Å². The molecule has 2 N–H and O–H groups in total. The number of aromatic nitrogens is 2. The lowest BCUT2D eigenvalue weighted by Gasteiger charge is -2.36. The number of primary amides is 1. The van der Waals surface area contributed by atoms with E-state index in [0.29, 0.717) is 53.7 Å². The number of amides is 1. The molecule has 3 heterocycles. The van der Waals surface area contributed by atoms with Gasteiger partial charge in [0, 0.05) is 26.2 Å². The van der Waals surface area contributed by atoms with Gasteiger partial charge in [-0.2, -0.15) is 5.26 Å². The Bertz CT molecular complexity index is 1260. The Kier molecular flexibility index (Phi) is 7.66. The average Bonchev–Trinajstić information content (AvgIpc) is 3.40. The molecule has 1 saturated heterocycles. The molecule has 3 aromatic rings. The van der Waals surface area contributed by atoms with Crippen LogP contribution in [0.5, 0.6) is 0 Å². The number of nitriles is 1. The fraction of sp³-hybridized carbons (Fsp3) is 0.320. The van der Waals surface area contributed by atoms with E-state index < -0.39 is 11.2 Å². The molecule has 35 heavy (non-hydrogen) atoms. The third kappa shape index (κ3) is 5.29. The van der Waals surface area contributed by atoms with Crippen molar-refractivity contribution in [2.75, 3.05) is 31.1 Å². The van der Waals surface area contributed by atoms with Crippen molar-refractivity contribution < 1.29 is 9.21 Å². The van der Waals surface area contributed by atoms with Gasteiger partial charge < -0.3 is 15.1 Å². The molecule has 1 atom stereocenters. The van der Waals surface area contributed by atoms with Crippen LogP contribution in [0.3, 0.4) is 0 Å². The Balaban J connectivity index is 1.66. The average molecular weight is 488 g/mol. The number of thioether (sulfide) groups is 1. The number of piperazine rings is 1. The molecule has 1 aliphatic heterocycles. The van der Waals surface area contributed by atoms with Crippen LogP contribution in [0, 0.1) is 17.9 Å². The van der Waals surface area contributed by atoms with Gasteiger partial charge >= 0.3 is 0 Å². The number of hydrogen-bond donors (Lipinski definition) is 1. The summed E-state index contributed by atoms with van der Waals surface area (Å²) in [5.74, 6) is 0.845. The summed E-state index contributed by atoms with van der Waals surface area (Å²) in [6.45, 7) is 13.3. The lowest BCUT2D eigenvalue weighted by molar-refractivity contribution is -0.117. The van der Waals surface area contributed by atoms with Crippen molar-refractivity contribution in [2.45, 2.75) is 30.2 Å². The fourth-order valence-electron chi connectivity index (χ4n) is 4.16. The first-order chi connectivity index (χ1) is 17.0. The van der Waals surface area contributed by atoms with Gasteiger partial charge in [0.15, 0.2) is 6.39 Å². The number of anilines is 1. The lowest BCUT2D eigenvalue weighted by atomic mass is 10.1. The van der Waals surface area contributed by atoms with Gasteiger partial charge in [-0.25, -0.2) is 14.8 Å². The van der Waals surface area contributed by atoms with Crippen LogP contribution in [-0.2, 0) is 17.8 Å². The molecule has 1 unspecified atom stereocenters. The topological polar surface area (TPSA) is 117 Å². The van der Waals surface area contributed by atoms with E-state index in [1.807, 2.05) is 37.3 Å². The van der Waals surface area contributed by atoms with Gasteiger partial charge in [0.05, 0.1) is 24.9 Å². The summed E-state index contributed by atoms with van der Waals surface area (Å²) in [6, 6.07) is 11.4. The molecule has 1 fully saturated rings. The molecule has 10 heteroatoms. The quantitative estimate of drug-likeness (QED) is 0.378. The minimum atomic E-state index is -0.703. The van der Waals surface area contributed by atoms with E-state index in [9.17, 15) is 10.1 Å². The summed E-state index contributed by atoms with van der Waals surface area (Å²) >= 11 is 1.16. The van der Waals surface area contributed by atoms with Gasteiger partial charge in [0.2, 0.25) is 11.6 Å². The number of pyridine rings is 1. The van der Waals surface area contributed by atoms with Crippen molar-refractivity contribution in [3.8, 4) is 6.07 Å². The molecule has 9 nitrogen and oxygen atoms in total. The number of benzene rings is 1. The summed E-state index contributed by atoms with van der Waals surface area (Å²) in [4.78, 5) is 29.2. The van der Waals surface area contributed by atoms with E-state index in [1.165, 1.54) is 6.39 Å². The monoisotopic (exact) mass is 487 g/mol. The third-order valence-electron chi connectivity index (χ3n) is 5.92. The van der Waals surface area contributed by atoms with Crippen molar-refractivity contribution >= 4 is 29.2 Å². The van der Waals surface area contributed by atoms with E-state index in [1.54, 1.807) is 6.20 Å². The number of carbonyl (C=O) groups is 1. The van der Waals surface area contributed by atoms with E-state index in [2.05, 4.69) is 25.7 Å². The number of oxazole rings is 1. The van der Waals surface area contributed by atoms with Crippen molar-refractivity contribution in [1.82, 2.24) is 14.9 Å². The molecule has 0 spiro atoms. The van der Waals surface area contributed by atoms with Crippen LogP contribution in [0.15, 0.2) is 52.4 Å². The summed E-state index contributed by atoms with van der Waals surface area (Å²) in [6.07, 6.45) is 3.64. The highest BCUT2D eigenvalue weighted by atomic mass is 32.2. The first-order valence-corrected chi connectivity index (χ1v) is 12.1. The first kappa shape index (κ1) is 24.3. The zero-order valence-electron chi connectivity index (χ0n) is 19.3. The van der Waals surface area contributed by atoms with Crippen LogP contribution in [0.2, 0.25) is 0 Å². The normalized spacial score (nSPS) is 14.8. The second kappa shape index (κ2) is 11.0. The summed E-state index contributed by atoms with van der Waals surface area (Å²) in [5.41, 5.74) is 7.86. The highest BCUT2D eigenvalue weighted by molar-refractivity contribution is 8.00. The van der Waals surface area contributed by atoms with Crippen LogP contribution in [0.1, 0.15) is 34.6 Å². The van der Waals surface area contributed by atoms with E-state index >= 15 is 0 Å². The maximum Gasteiger partial charge on any atom is 0.235 e. The molecule has 1 aliphatic rings. The minimum Gasteiger partial charge on any atom is -0.447 e. The van der Waals surface area contributed by atoms with Crippen molar-refractivity contribution in [2.24, 2.45) is 5.73 Å². The molecule has 1 amide bonds. The van der Waals surface area contributed by atoms with Gasteiger partial charge in [-0.05, 0) is 17.5 Å². The number of hydrogen-bond acceptors (Lipinski definition) is 8. The minimum absolute atomic E-state index is 0.332. The zero-order valence-corrected chi connectivity index (χ0v) is 20.2.